The van der Waals surface area contributed by atoms with E-state index < -0.39 is 0 Å². The molecule has 15 aromatic rings. The lowest BCUT2D eigenvalue weighted by Crippen LogP contribution is -2.12. The molecular formula is C63H38N6O. The monoisotopic (exact) mass is 894 g/mol. The molecule has 0 amide bonds. The first-order valence-electron chi connectivity index (χ1n) is 23.6. The molecule has 0 atom stereocenters. The lowest BCUT2D eigenvalue weighted by atomic mass is 9.99. The molecule has 7 heteroatoms. The number of fused-ring (bicyclic) bond motifs is 12. The van der Waals surface area contributed by atoms with Gasteiger partial charge in [-0.05, 0) is 42.5 Å². The number of rotatable bonds is 6. The van der Waals surface area contributed by atoms with Crippen LogP contribution in [0.5, 0.6) is 0 Å². The summed E-state index contributed by atoms with van der Waals surface area (Å²) < 4.78 is 14.8. The van der Waals surface area contributed by atoms with Crippen LogP contribution < -0.4 is 0 Å². The Bertz CT molecular complexity index is 4380. The molecule has 0 spiro atoms. The van der Waals surface area contributed by atoms with Crippen LogP contribution in [0.3, 0.4) is 0 Å². The summed E-state index contributed by atoms with van der Waals surface area (Å²) >= 11 is 0. The smallest absolute Gasteiger partial charge is 0.168 e. The zero-order valence-corrected chi connectivity index (χ0v) is 37.5. The number of nitrogens with zero attached hydrogens (tertiary/aromatic N) is 6. The van der Waals surface area contributed by atoms with Crippen molar-refractivity contribution in [3.05, 3.63) is 231 Å². The van der Waals surface area contributed by atoms with Crippen LogP contribution in [-0.2, 0) is 0 Å². The Balaban J connectivity index is 1.29. The second-order valence-corrected chi connectivity index (χ2v) is 17.9. The van der Waals surface area contributed by atoms with E-state index in [0.29, 0.717) is 23.1 Å². The van der Waals surface area contributed by atoms with E-state index in [-0.39, 0.29) is 0 Å². The van der Waals surface area contributed by atoms with Crippen LogP contribution in [0, 0.1) is 0 Å². The van der Waals surface area contributed by atoms with E-state index in [2.05, 4.69) is 208 Å². The van der Waals surface area contributed by atoms with Crippen molar-refractivity contribution in [2.45, 2.75) is 0 Å². The van der Waals surface area contributed by atoms with E-state index >= 15 is 0 Å². The summed E-state index contributed by atoms with van der Waals surface area (Å²) in [6.45, 7) is 0. The minimum Gasteiger partial charge on any atom is -0.454 e. The summed E-state index contributed by atoms with van der Waals surface area (Å²) in [6, 6.07) is 81.3. The van der Waals surface area contributed by atoms with Gasteiger partial charge in [0, 0.05) is 48.8 Å². The van der Waals surface area contributed by atoms with Gasteiger partial charge < -0.3 is 18.1 Å². The fourth-order valence-corrected chi connectivity index (χ4v) is 11.2. The van der Waals surface area contributed by atoms with E-state index in [1.165, 1.54) is 0 Å². The molecule has 0 aliphatic heterocycles. The normalized spacial score (nSPS) is 12.0. The molecular weight excluding hydrogens is 857 g/mol. The van der Waals surface area contributed by atoms with Gasteiger partial charge in [-0.3, -0.25) is 0 Å². The Morgan fingerprint density at radius 1 is 0.271 bits per heavy atom. The second-order valence-electron chi connectivity index (χ2n) is 17.9. The van der Waals surface area contributed by atoms with E-state index in [4.69, 9.17) is 19.4 Å². The van der Waals surface area contributed by atoms with E-state index in [0.717, 1.165) is 116 Å². The third-order valence-electron chi connectivity index (χ3n) is 14.1. The average Bonchev–Trinajstić information content (AvgIpc) is 4.18. The van der Waals surface area contributed by atoms with Crippen LogP contribution in [0.25, 0.3) is 139 Å². The molecule has 7 nitrogen and oxygen atoms in total. The van der Waals surface area contributed by atoms with Crippen LogP contribution in [0.1, 0.15) is 0 Å². The molecule has 10 aromatic carbocycles. The molecule has 70 heavy (non-hydrogen) atoms. The molecule has 0 bridgehead atoms. The first kappa shape index (κ1) is 38.5. The maximum Gasteiger partial charge on any atom is 0.168 e. The minimum absolute atomic E-state index is 0.505. The number of benzene rings is 10. The van der Waals surface area contributed by atoms with Gasteiger partial charge in [0.2, 0.25) is 0 Å². The lowest BCUT2D eigenvalue weighted by Gasteiger charge is -2.25. The number of para-hydroxylation sites is 7. The van der Waals surface area contributed by atoms with Crippen LogP contribution in [0.4, 0.5) is 0 Å². The molecule has 0 aliphatic carbocycles. The molecule has 5 aromatic heterocycles. The molecule has 0 N–H and O–H groups in total. The summed E-state index contributed by atoms with van der Waals surface area (Å²) in [7, 11) is 0. The third kappa shape index (κ3) is 5.48. The van der Waals surface area contributed by atoms with Crippen LogP contribution in [0.15, 0.2) is 235 Å². The Hall–Kier alpha value is -9.59. The lowest BCUT2D eigenvalue weighted by molar-refractivity contribution is 0.666. The quantitative estimate of drug-likeness (QED) is 0.167. The van der Waals surface area contributed by atoms with Crippen molar-refractivity contribution < 1.29 is 4.42 Å². The maximum atomic E-state index is 7.49. The van der Waals surface area contributed by atoms with E-state index in [1.807, 2.05) is 36.4 Å². The molecule has 0 saturated carbocycles. The number of aromatic nitrogens is 6. The van der Waals surface area contributed by atoms with Crippen LogP contribution in [0.2, 0.25) is 0 Å². The van der Waals surface area contributed by atoms with Gasteiger partial charge >= 0.3 is 0 Å². The summed E-state index contributed by atoms with van der Waals surface area (Å²) in [6.07, 6.45) is 0. The van der Waals surface area contributed by atoms with Crippen molar-refractivity contribution in [3.63, 3.8) is 0 Å². The molecule has 5 heterocycles. The molecule has 0 aliphatic rings. The minimum atomic E-state index is 0.505. The van der Waals surface area contributed by atoms with Crippen molar-refractivity contribution in [2.24, 2.45) is 0 Å². The predicted molar refractivity (Wildman–Crippen MR) is 286 cm³/mol. The van der Waals surface area contributed by atoms with Gasteiger partial charge in [0.05, 0.1) is 55.4 Å². The van der Waals surface area contributed by atoms with Crippen molar-refractivity contribution in [1.29, 1.82) is 0 Å². The van der Waals surface area contributed by atoms with Gasteiger partial charge in [-0.25, -0.2) is 15.0 Å². The van der Waals surface area contributed by atoms with Crippen molar-refractivity contribution in [2.75, 3.05) is 0 Å². The van der Waals surface area contributed by atoms with Gasteiger partial charge in [0.15, 0.2) is 23.1 Å². The Morgan fingerprint density at radius 3 is 1.00 bits per heavy atom. The Kier molecular flexibility index (Phi) is 8.23. The number of hydrogen-bond acceptors (Lipinski definition) is 4. The Labute approximate surface area is 400 Å². The number of furan rings is 1. The van der Waals surface area contributed by atoms with Crippen molar-refractivity contribution in [3.8, 4) is 51.2 Å². The third-order valence-corrected chi connectivity index (χ3v) is 14.1. The summed E-state index contributed by atoms with van der Waals surface area (Å²) in [4.78, 5) is 16.6. The van der Waals surface area contributed by atoms with E-state index in [9.17, 15) is 0 Å². The van der Waals surface area contributed by atoms with Crippen molar-refractivity contribution in [1.82, 2.24) is 28.7 Å². The van der Waals surface area contributed by atoms with Crippen molar-refractivity contribution >= 4 is 87.4 Å². The standard InChI is InChI=1S/C63H38N6O/c1-3-21-39(22-4-1)61-64-62(40-23-5-2-6-24-40)66-63(65-61)56-58(68-50-34-16-9-27-43(50)44-28-10-17-35-51(44)68)57(67-48-32-14-7-25-41(48)42-26-8-15-33-49(42)67)55-47-31-13-20-38-54(47)70-60(55)59(56)69-52-36-18-11-29-45(52)46-30-12-19-37-53(46)69/h1-38H. The molecule has 0 saturated heterocycles. The highest BCUT2D eigenvalue weighted by Crippen LogP contribution is 2.52. The zero-order valence-electron chi connectivity index (χ0n) is 37.5. The summed E-state index contributed by atoms with van der Waals surface area (Å²) in [5.41, 5.74) is 13.0. The van der Waals surface area contributed by atoms with Gasteiger partial charge in [-0.1, -0.05) is 188 Å². The van der Waals surface area contributed by atoms with Gasteiger partial charge in [0.25, 0.3) is 0 Å². The molecule has 0 radical (unpaired) electrons. The van der Waals surface area contributed by atoms with Crippen LogP contribution >= 0.6 is 0 Å². The second kappa shape index (κ2) is 15.0. The first-order chi connectivity index (χ1) is 34.8. The molecule has 15 rings (SSSR count). The van der Waals surface area contributed by atoms with E-state index in [1.54, 1.807) is 0 Å². The zero-order chi connectivity index (χ0) is 45.9. The SMILES string of the molecule is c1ccc(-c2nc(-c3ccccc3)nc(-c3c(-n4c5ccccc5c5ccccc54)c(-n4c5ccccc5c5ccccc54)c4c(oc5ccccc54)c3-n3c4ccccc4c4ccccc43)n2)cc1. The molecule has 0 unspecified atom stereocenters. The number of hydrogen-bond donors (Lipinski definition) is 0. The first-order valence-corrected chi connectivity index (χ1v) is 23.6. The average molecular weight is 895 g/mol. The summed E-state index contributed by atoms with van der Waals surface area (Å²) in [5, 5.41) is 8.80. The largest absolute Gasteiger partial charge is 0.454 e. The predicted octanol–water partition coefficient (Wildman–Crippen LogP) is 16.1. The van der Waals surface area contributed by atoms with Gasteiger partial charge in [0.1, 0.15) is 11.3 Å². The fraction of sp³-hybridized carbons (Fsp3) is 0. The highest BCUT2D eigenvalue weighted by Gasteiger charge is 2.34. The van der Waals surface area contributed by atoms with Crippen LogP contribution in [-0.4, -0.2) is 28.7 Å². The van der Waals surface area contributed by atoms with Gasteiger partial charge in [-0.2, -0.15) is 0 Å². The van der Waals surface area contributed by atoms with Gasteiger partial charge in [-0.15, -0.1) is 0 Å². The maximum absolute atomic E-state index is 7.49. The Morgan fingerprint density at radius 2 is 0.586 bits per heavy atom. The molecule has 0 fully saturated rings. The highest BCUT2D eigenvalue weighted by atomic mass is 16.3. The summed E-state index contributed by atoms with van der Waals surface area (Å²) in [5.74, 6) is 1.63. The topological polar surface area (TPSA) is 66.6 Å². The molecule has 326 valence electrons. The fourth-order valence-electron chi connectivity index (χ4n) is 11.2. The highest BCUT2D eigenvalue weighted by molar-refractivity contribution is 6.22.